The van der Waals surface area contributed by atoms with Crippen molar-refractivity contribution in [2.45, 2.75) is 38.9 Å². The van der Waals surface area contributed by atoms with E-state index in [0.717, 1.165) is 12.1 Å². The lowest BCUT2D eigenvalue weighted by Crippen LogP contribution is -2.20. The minimum Gasteiger partial charge on any atom is -0.431 e. The highest BCUT2D eigenvalue weighted by atomic mass is 127. The highest BCUT2D eigenvalue weighted by Crippen LogP contribution is 2.30. The quantitative estimate of drug-likeness (QED) is 0.205. The molecule has 0 aliphatic heterocycles. The standard InChI is InChI=1S/C11H12Br2I4O3/c1-5(3-7(14)9(12)16)19-11(18)20-6(2)4-8(15)10(13)17/h5-6H,3-4H2,1-2H3/b9-7-,10-8-. The van der Waals surface area contributed by atoms with Crippen molar-refractivity contribution in [1.82, 2.24) is 0 Å². The van der Waals surface area contributed by atoms with Crippen LogP contribution in [0.25, 0.3) is 0 Å². The van der Waals surface area contributed by atoms with Crippen LogP contribution in [0.5, 0.6) is 0 Å². The Morgan fingerprint density at radius 2 is 1.20 bits per heavy atom. The molecule has 0 rings (SSSR count). The van der Waals surface area contributed by atoms with Crippen LogP contribution in [0, 0.1) is 0 Å². The summed E-state index contributed by atoms with van der Waals surface area (Å²) in [5, 5.41) is 0. The van der Waals surface area contributed by atoms with Crippen molar-refractivity contribution in [2.75, 3.05) is 0 Å². The third-order valence-corrected chi connectivity index (χ3v) is 9.70. The molecule has 0 aliphatic carbocycles. The summed E-state index contributed by atoms with van der Waals surface area (Å²) in [5.41, 5.74) is 0. The van der Waals surface area contributed by atoms with E-state index in [1.165, 1.54) is 0 Å². The van der Waals surface area contributed by atoms with Gasteiger partial charge in [0.1, 0.15) is 12.2 Å². The van der Waals surface area contributed by atoms with Crippen LogP contribution in [-0.2, 0) is 9.47 Å². The highest BCUT2D eigenvalue weighted by molar-refractivity contribution is 14.1. The number of carbonyl (C=O) groups excluding carboxylic acids is 1. The maximum absolute atomic E-state index is 11.7. The molecule has 0 radical (unpaired) electrons. The smallest absolute Gasteiger partial charge is 0.431 e. The first kappa shape index (κ1) is 22.6. The van der Waals surface area contributed by atoms with E-state index in [1.54, 1.807) is 0 Å². The molecule has 9 heteroatoms. The minimum atomic E-state index is -0.618. The Morgan fingerprint density at radius 3 is 1.45 bits per heavy atom. The lowest BCUT2D eigenvalue weighted by atomic mass is 10.3. The average Bonchev–Trinajstić information content (AvgIpc) is 2.27. The van der Waals surface area contributed by atoms with Gasteiger partial charge in [-0.05, 0) is 136 Å². The lowest BCUT2D eigenvalue weighted by molar-refractivity contribution is 0.00902. The normalized spacial score (nSPS) is 16.8. The van der Waals surface area contributed by atoms with Crippen molar-refractivity contribution in [3.05, 3.63) is 12.1 Å². The first-order valence-corrected chi connectivity index (χ1v) is 11.3. The van der Waals surface area contributed by atoms with Crippen LogP contribution in [0.15, 0.2) is 12.1 Å². The fourth-order valence-corrected chi connectivity index (χ4v) is 3.10. The van der Waals surface area contributed by atoms with Crippen LogP contribution in [0.3, 0.4) is 0 Å². The molecule has 3 nitrogen and oxygen atoms in total. The van der Waals surface area contributed by atoms with Crippen molar-refractivity contribution in [1.29, 1.82) is 0 Å². The Bertz CT molecular complexity index is 368. The SMILES string of the molecule is CC(C/C(I)=C(\Br)I)OC(=O)OC(C)C/C(I)=C(\Br)I. The fraction of sp³-hybridized carbons (Fsp3) is 0.545. The van der Waals surface area contributed by atoms with Gasteiger partial charge in [-0.25, -0.2) is 4.79 Å². The Balaban J connectivity index is 4.23. The molecule has 0 aliphatic rings. The van der Waals surface area contributed by atoms with Gasteiger partial charge in [-0.1, -0.05) is 0 Å². The molecular formula is C11H12Br2I4O3. The van der Waals surface area contributed by atoms with Gasteiger partial charge >= 0.3 is 6.16 Å². The molecule has 0 aromatic carbocycles. The minimum absolute atomic E-state index is 0.213. The maximum atomic E-state index is 11.7. The van der Waals surface area contributed by atoms with Gasteiger partial charge in [0, 0.05) is 20.0 Å². The van der Waals surface area contributed by atoms with E-state index >= 15 is 0 Å². The van der Waals surface area contributed by atoms with Crippen molar-refractivity contribution < 1.29 is 14.3 Å². The van der Waals surface area contributed by atoms with E-state index in [9.17, 15) is 4.79 Å². The zero-order chi connectivity index (χ0) is 15.9. The van der Waals surface area contributed by atoms with E-state index in [4.69, 9.17) is 9.47 Å². The summed E-state index contributed by atoms with van der Waals surface area (Å²) in [6.45, 7) is 3.70. The molecule has 0 spiro atoms. The zero-order valence-corrected chi connectivity index (χ0v) is 22.4. The number of hydrogen-bond acceptors (Lipinski definition) is 3. The summed E-state index contributed by atoms with van der Waals surface area (Å²) in [5.74, 6) is 0. The topological polar surface area (TPSA) is 35.5 Å². The van der Waals surface area contributed by atoms with Gasteiger partial charge in [-0.2, -0.15) is 0 Å². The largest absolute Gasteiger partial charge is 0.508 e. The van der Waals surface area contributed by atoms with Crippen molar-refractivity contribution in [2.24, 2.45) is 0 Å². The number of hydrogen-bond donors (Lipinski definition) is 0. The van der Waals surface area contributed by atoms with Gasteiger partial charge in [-0.15, -0.1) is 0 Å². The van der Waals surface area contributed by atoms with Crippen LogP contribution in [-0.4, -0.2) is 18.4 Å². The van der Waals surface area contributed by atoms with E-state index in [0.29, 0.717) is 12.8 Å². The predicted octanol–water partition coefficient (Wildman–Crippen LogP) is 7.56. The Labute approximate surface area is 190 Å². The number of halogens is 6. The van der Waals surface area contributed by atoms with E-state index in [2.05, 4.69) is 122 Å². The zero-order valence-electron chi connectivity index (χ0n) is 10.6. The van der Waals surface area contributed by atoms with E-state index in [-0.39, 0.29) is 12.2 Å². The van der Waals surface area contributed by atoms with Crippen molar-refractivity contribution >= 4 is 128 Å². The fourth-order valence-electron chi connectivity index (χ4n) is 1.10. The third-order valence-electron chi connectivity index (χ3n) is 1.94. The molecule has 0 bridgehead atoms. The maximum Gasteiger partial charge on any atom is 0.508 e. The molecule has 0 fully saturated rings. The molecule has 0 aromatic heterocycles. The second kappa shape index (κ2) is 12.1. The molecule has 0 saturated carbocycles. The van der Waals surface area contributed by atoms with E-state index < -0.39 is 6.16 Å². The summed E-state index contributed by atoms with van der Waals surface area (Å²) in [6, 6.07) is 0. The summed E-state index contributed by atoms with van der Waals surface area (Å²) < 4.78 is 14.7. The van der Waals surface area contributed by atoms with Gasteiger partial charge in [0.2, 0.25) is 0 Å². The molecule has 116 valence electrons. The second-order valence-corrected chi connectivity index (χ2v) is 13.2. The molecule has 0 amide bonds. The van der Waals surface area contributed by atoms with Crippen molar-refractivity contribution in [3.8, 4) is 0 Å². The molecule has 2 atom stereocenters. The summed E-state index contributed by atoms with van der Waals surface area (Å²) in [7, 11) is 0. The molecule has 20 heavy (non-hydrogen) atoms. The molecule has 0 saturated heterocycles. The number of ether oxygens (including phenoxy) is 2. The second-order valence-electron chi connectivity index (χ2n) is 3.85. The van der Waals surface area contributed by atoms with E-state index in [1.807, 2.05) is 13.8 Å². The van der Waals surface area contributed by atoms with Crippen LogP contribution < -0.4 is 0 Å². The summed E-state index contributed by atoms with van der Waals surface area (Å²) in [6.07, 6.45) is 0.298. The molecule has 2 unspecified atom stereocenters. The highest BCUT2D eigenvalue weighted by Gasteiger charge is 2.16. The van der Waals surface area contributed by atoms with Crippen LogP contribution in [0.4, 0.5) is 4.79 Å². The van der Waals surface area contributed by atoms with Gasteiger partial charge in [-0.3, -0.25) is 0 Å². The Hall–Kier alpha value is 2.63. The number of carbonyl (C=O) groups is 1. The van der Waals surface area contributed by atoms with Gasteiger partial charge in [0.15, 0.2) is 0 Å². The molecule has 0 aromatic rings. The van der Waals surface area contributed by atoms with Crippen LogP contribution >= 0.6 is 122 Å². The first-order valence-electron chi connectivity index (χ1n) is 5.40. The molecule has 0 heterocycles. The third kappa shape index (κ3) is 11.2. The van der Waals surface area contributed by atoms with Gasteiger partial charge in [0.25, 0.3) is 0 Å². The Kier molecular flexibility index (Phi) is 13.6. The van der Waals surface area contributed by atoms with Gasteiger partial charge in [0.05, 0.1) is 4.98 Å². The summed E-state index contributed by atoms with van der Waals surface area (Å²) in [4.78, 5) is 11.7. The Morgan fingerprint density at radius 1 is 0.900 bits per heavy atom. The average molecular weight is 860 g/mol. The van der Waals surface area contributed by atoms with Crippen LogP contribution in [0.2, 0.25) is 0 Å². The molecular weight excluding hydrogens is 848 g/mol. The number of rotatable bonds is 6. The van der Waals surface area contributed by atoms with Gasteiger partial charge < -0.3 is 9.47 Å². The molecule has 0 N–H and O–H groups in total. The monoisotopic (exact) mass is 858 g/mol. The first-order chi connectivity index (χ1) is 9.13. The lowest BCUT2D eigenvalue weighted by Gasteiger charge is -2.16. The van der Waals surface area contributed by atoms with Crippen LogP contribution in [0.1, 0.15) is 26.7 Å². The predicted molar refractivity (Wildman–Crippen MR) is 124 cm³/mol. The van der Waals surface area contributed by atoms with Crippen molar-refractivity contribution in [3.63, 3.8) is 0 Å². The summed E-state index contributed by atoms with van der Waals surface area (Å²) >= 11 is 15.6.